The maximum Gasteiger partial charge on any atom is 0.417 e. The first-order chi connectivity index (χ1) is 13.5. The third-order valence-electron chi connectivity index (χ3n) is 4.80. The summed E-state index contributed by atoms with van der Waals surface area (Å²) >= 11 is 0. The molecule has 0 saturated carbocycles. The van der Waals surface area contributed by atoms with Crippen LogP contribution < -0.4 is 0 Å². The predicted octanol–water partition coefficient (Wildman–Crippen LogP) is 2.52. The molecule has 0 spiro atoms. The topological polar surface area (TPSA) is 93.1 Å². The van der Waals surface area contributed by atoms with E-state index < -0.39 is 30.1 Å². The molecular formula is C21H23NO6. The van der Waals surface area contributed by atoms with E-state index >= 15 is 0 Å². The Kier molecular flexibility index (Phi) is 6.26. The Bertz CT molecular complexity index is 800. The molecule has 2 aliphatic heterocycles. The zero-order chi connectivity index (χ0) is 20.1. The number of imide groups is 1. The number of rotatable bonds is 6. The largest absolute Gasteiger partial charge is 0.482 e. The van der Waals surface area contributed by atoms with Gasteiger partial charge in [0, 0.05) is 6.61 Å². The summed E-state index contributed by atoms with van der Waals surface area (Å²) in [5.74, 6) is -1.24. The van der Waals surface area contributed by atoms with Crippen molar-refractivity contribution >= 4 is 17.8 Å². The van der Waals surface area contributed by atoms with E-state index in [0.717, 1.165) is 10.5 Å². The number of carbonyl (C=O) groups is 3. The third kappa shape index (κ3) is 4.14. The molecule has 1 aromatic rings. The van der Waals surface area contributed by atoms with Gasteiger partial charge in [0.15, 0.2) is 11.9 Å². The molecule has 0 radical (unpaired) electrons. The summed E-state index contributed by atoms with van der Waals surface area (Å²) in [6.07, 6.45) is 4.12. The highest BCUT2D eigenvalue weighted by molar-refractivity contribution is 6.01. The second kappa shape index (κ2) is 8.84. The fourth-order valence-electron chi connectivity index (χ4n) is 3.24. The summed E-state index contributed by atoms with van der Waals surface area (Å²) < 4.78 is 10.8. The van der Waals surface area contributed by atoms with Gasteiger partial charge < -0.3 is 14.6 Å². The summed E-state index contributed by atoms with van der Waals surface area (Å²) in [5, 5.41) is 8.88. The van der Waals surface area contributed by atoms with Gasteiger partial charge in [0.1, 0.15) is 18.4 Å². The molecule has 0 aromatic heterocycles. The van der Waals surface area contributed by atoms with Gasteiger partial charge in [-0.05, 0) is 43.6 Å². The number of allylic oxidation sites excluding steroid dienone is 2. The zero-order valence-electron chi connectivity index (χ0n) is 15.6. The Morgan fingerprint density at radius 2 is 2.04 bits per heavy atom. The number of hydrogen-bond acceptors (Lipinski definition) is 6. The lowest BCUT2D eigenvalue weighted by Gasteiger charge is -2.29. The maximum absolute atomic E-state index is 13.1. The van der Waals surface area contributed by atoms with E-state index in [4.69, 9.17) is 14.6 Å². The number of cyclic esters (lactones) is 1. The zero-order valence-corrected chi connectivity index (χ0v) is 15.6. The van der Waals surface area contributed by atoms with Crippen molar-refractivity contribution in [2.45, 2.75) is 31.9 Å². The van der Waals surface area contributed by atoms with Crippen LogP contribution in [0.15, 0.2) is 54.3 Å². The lowest BCUT2D eigenvalue weighted by atomic mass is 9.96. The van der Waals surface area contributed by atoms with Crippen molar-refractivity contribution < 1.29 is 29.0 Å². The summed E-state index contributed by atoms with van der Waals surface area (Å²) in [6, 6.07) is 8.62. The van der Waals surface area contributed by atoms with Crippen LogP contribution >= 0.6 is 0 Å². The van der Waals surface area contributed by atoms with Gasteiger partial charge in [0.05, 0.1) is 5.92 Å². The number of carbonyl (C=O) groups excluding carboxylic acids is 3. The molecule has 3 rings (SSSR count). The Morgan fingerprint density at radius 3 is 2.75 bits per heavy atom. The Hall–Kier alpha value is -2.93. The monoisotopic (exact) mass is 385 g/mol. The van der Waals surface area contributed by atoms with E-state index in [0.29, 0.717) is 18.6 Å². The third-order valence-corrected chi connectivity index (χ3v) is 4.80. The molecule has 1 aromatic carbocycles. The lowest BCUT2D eigenvalue weighted by molar-refractivity contribution is -0.142. The minimum Gasteiger partial charge on any atom is -0.482 e. The van der Waals surface area contributed by atoms with Crippen molar-refractivity contribution in [3.8, 4) is 0 Å². The number of ketones is 1. The van der Waals surface area contributed by atoms with Crippen molar-refractivity contribution in [1.82, 2.24) is 4.90 Å². The van der Waals surface area contributed by atoms with Crippen LogP contribution in [0.3, 0.4) is 0 Å². The Morgan fingerprint density at radius 1 is 1.29 bits per heavy atom. The average Bonchev–Trinajstić information content (AvgIpc) is 3.10. The second-order valence-corrected chi connectivity index (χ2v) is 6.75. The molecule has 2 heterocycles. The van der Waals surface area contributed by atoms with Crippen molar-refractivity contribution in [3.63, 3.8) is 0 Å². The molecule has 2 amide bonds. The molecule has 0 unspecified atom stereocenters. The summed E-state index contributed by atoms with van der Waals surface area (Å²) in [5.41, 5.74) is 0.786. The van der Waals surface area contributed by atoms with Gasteiger partial charge in [-0.1, -0.05) is 30.3 Å². The first kappa shape index (κ1) is 19.8. The van der Waals surface area contributed by atoms with Gasteiger partial charge in [-0.15, -0.1) is 0 Å². The van der Waals surface area contributed by atoms with Gasteiger partial charge in [-0.3, -0.25) is 9.59 Å². The van der Waals surface area contributed by atoms with E-state index in [2.05, 4.69) is 0 Å². The summed E-state index contributed by atoms with van der Waals surface area (Å²) in [4.78, 5) is 38.7. The molecule has 0 bridgehead atoms. The van der Waals surface area contributed by atoms with E-state index in [9.17, 15) is 14.4 Å². The first-order valence-corrected chi connectivity index (χ1v) is 9.27. The van der Waals surface area contributed by atoms with Gasteiger partial charge in [0.2, 0.25) is 5.91 Å². The molecule has 1 fully saturated rings. The maximum atomic E-state index is 13.1. The summed E-state index contributed by atoms with van der Waals surface area (Å²) in [6.45, 7) is 1.71. The van der Waals surface area contributed by atoms with Crippen molar-refractivity contribution in [2.24, 2.45) is 5.92 Å². The average molecular weight is 385 g/mol. The van der Waals surface area contributed by atoms with Crippen molar-refractivity contribution in [2.75, 3.05) is 13.2 Å². The van der Waals surface area contributed by atoms with Gasteiger partial charge in [-0.25, -0.2) is 9.69 Å². The van der Waals surface area contributed by atoms with E-state index in [1.54, 1.807) is 19.1 Å². The van der Waals surface area contributed by atoms with Crippen LogP contribution in [0.4, 0.5) is 4.79 Å². The van der Waals surface area contributed by atoms with Crippen LogP contribution in [-0.2, 0) is 19.1 Å². The number of amides is 2. The van der Waals surface area contributed by atoms with E-state index in [1.165, 1.54) is 6.08 Å². The molecular weight excluding hydrogens is 362 g/mol. The van der Waals surface area contributed by atoms with Crippen molar-refractivity contribution in [3.05, 3.63) is 59.9 Å². The van der Waals surface area contributed by atoms with Crippen LogP contribution in [-0.4, -0.2) is 47.1 Å². The highest BCUT2D eigenvalue weighted by Crippen LogP contribution is 2.31. The van der Waals surface area contributed by atoms with Gasteiger partial charge in [0.25, 0.3) is 0 Å². The van der Waals surface area contributed by atoms with Gasteiger partial charge >= 0.3 is 6.09 Å². The minimum atomic E-state index is -1.01. The highest BCUT2D eigenvalue weighted by Gasteiger charge is 2.44. The van der Waals surface area contributed by atoms with Crippen LogP contribution in [0.5, 0.6) is 0 Å². The predicted molar refractivity (Wildman–Crippen MR) is 100.0 cm³/mol. The van der Waals surface area contributed by atoms with E-state index in [-0.39, 0.29) is 19.0 Å². The Balaban J connectivity index is 1.77. The number of nitrogens with zero attached hydrogens (tertiary/aromatic N) is 1. The number of aliphatic hydroxyl groups excluding tert-OH is 1. The molecule has 7 heteroatoms. The molecule has 28 heavy (non-hydrogen) atoms. The van der Waals surface area contributed by atoms with Crippen LogP contribution in [0.25, 0.3) is 0 Å². The molecule has 0 aliphatic carbocycles. The second-order valence-electron chi connectivity index (χ2n) is 6.75. The van der Waals surface area contributed by atoms with Gasteiger partial charge in [-0.2, -0.15) is 0 Å². The number of benzene rings is 1. The van der Waals surface area contributed by atoms with Crippen LogP contribution in [0.2, 0.25) is 0 Å². The SMILES string of the molecule is C[C@H](C(=O)N1C(=O)OC[C@@H]1c1ccccc1)[C@H]1OC(=CCCCO)C=CC1=O. The molecule has 3 atom stereocenters. The normalized spacial score (nSPS) is 24.2. The Labute approximate surface area is 163 Å². The number of ether oxygens (including phenoxy) is 2. The first-order valence-electron chi connectivity index (χ1n) is 9.27. The molecule has 7 nitrogen and oxygen atoms in total. The molecule has 148 valence electrons. The lowest BCUT2D eigenvalue weighted by Crippen LogP contribution is -2.45. The number of aliphatic hydroxyl groups is 1. The van der Waals surface area contributed by atoms with E-state index in [1.807, 2.05) is 30.3 Å². The molecule has 2 aliphatic rings. The number of unbranched alkanes of at least 4 members (excludes halogenated alkanes) is 1. The van der Waals surface area contributed by atoms with Crippen LogP contribution in [0, 0.1) is 5.92 Å². The number of hydrogen-bond donors (Lipinski definition) is 1. The summed E-state index contributed by atoms with van der Waals surface area (Å²) in [7, 11) is 0. The fraction of sp³-hybridized carbons (Fsp3) is 0.381. The standard InChI is InChI=1S/C21H23NO6/c1-14(19-18(24)11-10-16(28-19)9-5-6-12-23)20(25)22-17(13-27-21(22)26)15-7-3-2-4-8-15/h2-4,7-11,14,17,19,23H,5-6,12-13H2,1H3/t14-,17+,19+/m0/s1. The fourth-order valence-corrected chi connectivity index (χ4v) is 3.24. The smallest absolute Gasteiger partial charge is 0.417 e. The molecule has 1 saturated heterocycles. The minimum absolute atomic E-state index is 0.0582. The van der Waals surface area contributed by atoms with Crippen LogP contribution in [0.1, 0.15) is 31.4 Å². The quantitative estimate of drug-likeness (QED) is 0.757. The van der Waals surface area contributed by atoms with Crippen molar-refractivity contribution in [1.29, 1.82) is 0 Å². The molecule has 1 N–H and O–H groups in total. The highest BCUT2D eigenvalue weighted by atomic mass is 16.6.